The molecule has 4 heteroatoms. The van der Waals surface area contributed by atoms with Gasteiger partial charge in [0, 0.05) is 32.4 Å². The fourth-order valence-corrected chi connectivity index (χ4v) is 3.37. The summed E-state index contributed by atoms with van der Waals surface area (Å²) in [5.41, 5.74) is 4.29. The first-order valence-corrected chi connectivity index (χ1v) is 8.44. The molecule has 4 nitrogen and oxygen atoms in total. The molecule has 0 radical (unpaired) electrons. The van der Waals surface area contributed by atoms with Crippen molar-refractivity contribution >= 4 is 11.6 Å². The summed E-state index contributed by atoms with van der Waals surface area (Å²) >= 11 is 0. The third kappa shape index (κ3) is 3.12. The Hall–Kier alpha value is -1.55. The minimum atomic E-state index is -0.118. The largest absolute Gasteiger partial charge is 0.368 e. The highest BCUT2D eigenvalue weighted by molar-refractivity contribution is 5.82. The molecule has 2 fully saturated rings. The molecule has 0 aromatic heterocycles. The second-order valence-corrected chi connectivity index (χ2v) is 6.81. The summed E-state index contributed by atoms with van der Waals surface area (Å²) < 4.78 is 0. The van der Waals surface area contributed by atoms with E-state index < -0.39 is 0 Å². The number of nitrogens with one attached hydrogen (secondary N) is 2. The predicted octanol–water partition coefficient (Wildman–Crippen LogP) is 2.21. The van der Waals surface area contributed by atoms with Crippen molar-refractivity contribution in [3.8, 4) is 0 Å². The van der Waals surface area contributed by atoms with E-state index in [-0.39, 0.29) is 11.9 Å². The number of rotatable bonds is 4. The number of hydrogen-bond donors (Lipinski definition) is 2. The minimum absolute atomic E-state index is 0.0749. The zero-order chi connectivity index (χ0) is 15.7. The van der Waals surface area contributed by atoms with Crippen LogP contribution in [-0.2, 0) is 4.79 Å². The van der Waals surface area contributed by atoms with Gasteiger partial charge in [-0.25, -0.2) is 0 Å². The van der Waals surface area contributed by atoms with Crippen LogP contribution in [0.3, 0.4) is 0 Å². The first-order valence-electron chi connectivity index (χ1n) is 8.44. The summed E-state index contributed by atoms with van der Waals surface area (Å²) in [6, 6.07) is 6.78. The number of carbonyl (C=O) groups is 1. The molecule has 0 unspecified atom stereocenters. The van der Waals surface area contributed by atoms with Gasteiger partial charge >= 0.3 is 0 Å². The van der Waals surface area contributed by atoms with Crippen LogP contribution < -0.4 is 15.5 Å². The number of anilines is 1. The van der Waals surface area contributed by atoms with Crippen LogP contribution in [0, 0.1) is 0 Å². The Morgan fingerprint density at radius 2 is 2.14 bits per heavy atom. The second-order valence-electron chi connectivity index (χ2n) is 6.81. The van der Waals surface area contributed by atoms with E-state index in [4.69, 9.17) is 0 Å². The fourth-order valence-electron chi connectivity index (χ4n) is 3.37. The highest BCUT2D eigenvalue weighted by atomic mass is 16.2. The number of nitrogens with zero attached hydrogens (tertiary/aromatic N) is 1. The molecule has 1 aliphatic heterocycles. The fraction of sp³-hybridized carbons (Fsp3) is 0.611. The van der Waals surface area contributed by atoms with Gasteiger partial charge in [-0.05, 0) is 47.9 Å². The lowest BCUT2D eigenvalue weighted by Crippen LogP contribution is -2.56. The van der Waals surface area contributed by atoms with E-state index >= 15 is 0 Å². The summed E-state index contributed by atoms with van der Waals surface area (Å²) in [7, 11) is 1.70. The zero-order valence-corrected chi connectivity index (χ0v) is 13.9. The van der Waals surface area contributed by atoms with Crippen LogP contribution >= 0.6 is 0 Å². The zero-order valence-electron chi connectivity index (χ0n) is 13.9. The van der Waals surface area contributed by atoms with Crippen LogP contribution in [0.2, 0.25) is 0 Å². The van der Waals surface area contributed by atoms with Crippen molar-refractivity contribution in [1.29, 1.82) is 0 Å². The van der Waals surface area contributed by atoms with Crippen LogP contribution in [0.25, 0.3) is 0 Å². The molecule has 1 atom stereocenters. The van der Waals surface area contributed by atoms with Crippen LogP contribution in [0.1, 0.15) is 49.7 Å². The number of hydrogen-bond acceptors (Lipinski definition) is 3. The molecule has 2 N–H and O–H groups in total. The first kappa shape index (κ1) is 15.3. The van der Waals surface area contributed by atoms with Gasteiger partial charge in [-0.3, -0.25) is 4.79 Å². The van der Waals surface area contributed by atoms with Crippen molar-refractivity contribution in [2.24, 2.45) is 0 Å². The number of piperazine rings is 1. The van der Waals surface area contributed by atoms with E-state index in [0.717, 1.165) is 25.6 Å². The lowest BCUT2D eigenvalue weighted by atomic mass is 9.93. The Kier molecular flexibility index (Phi) is 4.39. The smallest absolute Gasteiger partial charge is 0.238 e. The molecule has 2 aliphatic rings. The summed E-state index contributed by atoms with van der Waals surface area (Å²) in [5.74, 6) is 1.41. The maximum absolute atomic E-state index is 11.9. The van der Waals surface area contributed by atoms with Crippen LogP contribution in [-0.4, -0.2) is 38.6 Å². The number of carbonyl (C=O) groups excluding carboxylic acids is 1. The van der Waals surface area contributed by atoms with Crippen molar-refractivity contribution in [3.05, 3.63) is 29.3 Å². The van der Waals surface area contributed by atoms with Gasteiger partial charge in [0.15, 0.2) is 0 Å². The number of likely N-dealkylation sites (N-methyl/N-ethyl adjacent to an activating group) is 1. The van der Waals surface area contributed by atoms with E-state index in [0.29, 0.717) is 5.92 Å². The van der Waals surface area contributed by atoms with E-state index in [2.05, 4.69) is 47.6 Å². The van der Waals surface area contributed by atoms with Crippen molar-refractivity contribution in [2.75, 3.05) is 31.6 Å². The van der Waals surface area contributed by atoms with Gasteiger partial charge in [0.05, 0.1) is 0 Å². The molecule has 1 saturated carbocycles. The third-order valence-corrected chi connectivity index (χ3v) is 4.81. The van der Waals surface area contributed by atoms with Crippen molar-refractivity contribution < 1.29 is 4.79 Å². The molecule has 0 spiro atoms. The topological polar surface area (TPSA) is 44.4 Å². The van der Waals surface area contributed by atoms with Gasteiger partial charge in [-0.15, -0.1) is 0 Å². The summed E-state index contributed by atoms with van der Waals surface area (Å²) in [4.78, 5) is 14.2. The number of amides is 1. The monoisotopic (exact) mass is 301 g/mol. The van der Waals surface area contributed by atoms with Gasteiger partial charge in [-0.2, -0.15) is 0 Å². The normalized spacial score (nSPS) is 22.0. The van der Waals surface area contributed by atoms with E-state index in [1.54, 1.807) is 7.05 Å². The molecular weight excluding hydrogens is 274 g/mol. The lowest BCUT2D eigenvalue weighted by Gasteiger charge is -2.35. The Morgan fingerprint density at radius 1 is 1.36 bits per heavy atom. The van der Waals surface area contributed by atoms with Crippen molar-refractivity contribution in [1.82, 2.24) is 10.6 Å². The highest BCUT2D eigenvalue weighted by Gasteiger charge is 2.29. The van der Waals surface area contributed by atoms with E-state index in [9.17, 15) is 4.79 Å². The molecule has 0 bridgehead atoms. The van der Waals surface area contributed by atoms with Crippen LogP contribution in [0.15, 0.2) is 18.2 Å². The molecule has 3 rings (SSSR count). The molecule has 1 heterocycles. The van der Waals surface area contributed by atoms with Crippen molar-refractivity contribution in [3.63, 3.8) is 0 Å². The van der Waals surface area contributed by atoms with Crippen LogP contribution in [0.4, 0.5) is 5.69 Å². The first-order chi connectivity index (χ1) is 10.6. The summed E-state index contributed by atoms with van der Waals surface area (Å²) in [5, 5.41) is 6.04. The van der Waals surface area contributed by atoms with Gasteiger partial charge in [0.1, 0.15) is 6.04 Å². The summed E-state index contributed by atoms with van der Waals surface area (Å²) in [6.07, 6.45) is 2.65. The van der Waals surface area contributed by atoms with Crippen molar-refractivity contribution in [2.45, 2.75) is 44.6 Å². The number of benzene rings is 1. The Bertz CT molecular complexity index is 551. The maximum atomic E-state index is 11.9. The SMILES string of the molecule is CNC(=O)[C@@H]1CN(c2ccc(C(C)C)c(C3CC3)c2)CCN1. The Balaban J connectivity index is 1.82. The standard InChI is InChI=1S/C18H27N3O/c1-12(2)15-7-6-14(10-16(15)13-4-5-13)21-9-8-20-17(11-21)18(22)19-3/h6-7,10,12-13,17,20H,4-5,8-9,11H2,1-3H3,(H,19,22)/t17-/m0/s1. The van der Waals surface area contributed by atoms with Gasteiger partial charge in [-0.1, -0.05) is 19.9 Å². The highest BCUT2D eigenvalue weighted by Crippen LogP contribution is 2.44. The van der Waals surface area contributed by atoms with Gasteiger partial charge in [0.25, 0.3) is 0 Å². The van der Waals surface area contributed by atoms with E-state index in [1.165, 1.54) is 29.7 Å². The Morgan fingerprint density at radius 3 is 2.77 bits per heavy atom. The average Bonchev–Trinajstić information content (AvgIpc) is 3.38. The minimum Gasteiger partial charge on any atom is -0.368 e. The second kappa shape index (κ2) is 6.29. The molecule has 1 amide bonds. The molecule has 1 aliphatic carbocycles. The van der Waals surface area contributed by atoms with E-state index in [1.807, 2.05) is 0 Å². The predicted molar refractivity (Wildman–Crippen MR) is 90.6 cm³/mol. The average molecular weight is 301 g/mol. The third-order valence-electron chi connectivity index (χ3n) is 4.81. The molecular formula is C18H27N3O. The maximum Gasteiger partial charge on any atom is 0.238 e. The Labute approximate surface area is 133 Å². The molecule has 1 aromatic carbocycles. The molecule has 120 valence electrons. The van der Waals surface area contributed by atoms with Gasteiger partial charge < -0.3 is 15.5 Å². The van der Waals surface area contributed by atoms with Crippen LogP contribution in [0.5, 0.6) is 0 Å². The van der Waals surface area contributed by atoms with Gasteiger partial charge in [0.2, 0.25) is 5.91 Å². The quantitative estimate of drug-likeness (QED) is 0.896. The molecule has 22 heavy (non-hydrogen) atoms. The molecule has 1 aromatic rings. The molecule has 1 saturated heterocycles. The summed E-state index contributed by atoms with van der Waals surface area (Å²) in [6.45, 7) is 7.09. The lowest BCUT2D eigenvalue weighted by molar-refractivity contribution is -0.122.